The van der Waals surface area contributed by atoms with Crippen LogP contribution in [0.4, 0.5) is 0 Å². The van der Waals surface area contributed by atoms with Gasteiger partial charge in [-0.1, -0.05) is 12.1 Å². The quantitative estimate of drug-likeness (QED) is 0.850. The van der Waals surface area contributed by atoms with E-state index in [1.54, 1.807) is 12.1 Å². The molecule has 7 nitrogen and oxygen atoms in total. The molecule has 0 aliphatic carbocycles. The highest BCUT2D eigenvalue weighted by molar-refractivity contribution is 5.29. The summed E-state index contributed by atoms with van der Waals surface area (Å²) in [6, 6.07) is 7.27. The van der Waals surface area contributed by atoms with Gasteiger partial charge in [-0.3, -0.25) is 9.36 Å². The van der Waals surface area contributed by atoms with Crippen LogP contribution < -0.4 is 21.3 Å². The van der Waals surface area contributed by atoms with Crippen LogP contribution in [-0.4, -0.2) is 21.4 Å². The zero-order valence-electron chi connectivity index (χ0n) is 11.6. The first kappa shape index (κ1) is 14.0. The Bertz CT molecular complexity index is 716. The van der Waals surface area contributed by atoms with Crippen molar-refractivity contribution in [2.24, 2.45) is 14.1 Å². The van der Waals surface area contributed by atoms with Gasteiger partial charge in [0.05, 0.1) is 0 Å². The van der Waals surface area contributed by atoms with Crippen molar-refractivity contribution in [2.75, 3.05) is 7.05 Å². The van der Waals surface area contributed by atoms with Gasteiger partial charge >= 0.3 is 17.1 Å². The van der Waals surface area contributed by atoms with E-state index in [1.165, 1.54) is 14.1 Å². The maximum absolute atomic E-state index is 11.9. The van der Waals surface area contributed by atoms with Gasteiger partial charge in [-0.25, -0.2) is 9.48 Å². The van der Waals surface area contributed by atoms with Gasteiger partial charge in [-0.2, -0.15) is 0 Å². The number of benzene rings is 1. The van der Waals surface area contributed by atoms with Crippen LogP contribution >= 0.6 is 0 Å². The molecule has 0 saturated heterocycles. The van der Waals surface area contributed by atoms with E-state index in [2.05, 4.69) is 10.4 Å². The summed E-state index contributed by atoms with van der Waals surface area (Å²) in [5, 5.41) is 6.86. The number of hydrogen-bond acceptors (Lipinski definition) is 5. The van der Waals surface area contributed by atoms with E-state index in [0.29, 0.717) is 5.75 Å². The van der Waals surface area contributed by atoms with E-state index >= 15 is 0 Å². The van der Waals surface area contributed by atoms with Crippen molar-refractivity contribution in [3.8, 4) is 11.6 Å². The van der Waals surface area contributed by atoms with Gasteiger partial charge in [-0.05, 0) is 24.7 Å². The van der Waals surface area contributed by atoms with Crippen molar-refractivity contribution in [3.05, 3.63) is 50.7 Å². The summed E-state index contributed by atoms with van der Waals surface area (Å²) in [5.74, 6) is 0.365. The lowest BCUT2D eigenvalue weighted by molar-refractivity contribution is 0.414. The predicted molar refractivity (Wildman–Crippen MR) is 74.0 cm³/mol. The van der Waals surface area contributed by atoms with Crippen LogP contribution in [0.25, 0.3) is 0 Å². The molecule has 1 aromatic heterocycles. The number of hydrogen-bond donors (Lipinski definition) is 1. The van der Waals surface area contributed by atoms with E-state index in [9.17, 15) is 9.59 Å². The lowest BCUT2D eigenvalue weighted by Gasteiger charge is -2.07. The number of nitrogens with one attached hydrogen (secondary N) is 1. The molecule has 1 N–H and O–H groups in total. The SMILES string of the molecule is CNCc1ccc(Oc2nn(C)c(=O)n(C)c2=O)cc1. The fourth-order valence-corrected chi connectivity index (χ4v) is 1.72. The minimum Gasteiger partial charge on any atom is -0.434 e. The highest BCUT2D eigenvalue weighted by Crippen LogP contribution is 2.16. The standard InChI is InChI=1S/C13H16N4O3/c1-14-8-9-4-6-10(7-5-9)20-11-12(18)16(2)13(19)17(3)15-11/h4-7,14H,8H2,1-3H3. The first-order chi connectivity index (χ1) is 9.52. The fourth-order valence-electron chi connectivity index (χ4n) is 1.72. The average Bonchev–Trinajstić information content (AvgIpc) is 2.45. The van der Waals surface area contributed by atoms with Crippen molar-refractivity contribution in [1.29, 1.82) is 0 Å². The summed E-state index contributed by atoms with van der Waals surface area (Å²) in [5.41, 5.74) is 0.0419. The summed E-state index contributed by atoms with van der Waals surface area (Å²) in [6.07, 6.45) is 0. The van der Waals surface area contributed by atoms with E-state index in [0.717, 1.165) is 21.4 Å². The molecule has 0 aliphatic rings. The Morgan fingerprint density at radius 2 is 1.85 bits per heavy atom. The van der Waals surface area contributed by atoms with Crippen LogP contribution in [0, 0.1) is 0 Å². The number of aromatic nitrogens is 3. The van der Waals surface area contributed by atoms with E-state index in [4.69, 9.17) is 4.74 Å². The third-order valence-corrected chi connectivity index (χ3v) is 2.81. The normalized spacial score (nSPS) is 10.6. The maximum Gasteiger partial charge on any atom is 0.347 e. The van der Waals surface area contributed by atoms with Crippen LogP contribution in [0.2, 0.25) is 0 Å². The van der Waals surface area contributed by atoms with Crippen molar-refractivity contribution >= 4 is 0 Å². The second-order valence-electron chi connectivity index (χ2n) is 4.35. The van der Waals surface area contributed by atoms with Gasteiger partial charge in [0.15, 0.2) is 0 Å². The average molecular weight is 276 g/mol. The smallest absolute Gasteiger partial charge is 0.347 e. The highest BCUT2D eigenvalue weighted by Gasteiger charge is 2.10. The third-order valence-electron chi connectivity index (χ3n) is 2.81. The second-order valence-corrected chi connectivity index (χ2v) is 4.35. The summed E-state index contributed by atoms with van der Waals surface area (Å²) in [6.45, 7) is 0.750. The first-order valence-corrected chi connectivity index (χ1v) is 6.08. The Balaban J connectivity index is 2.31. The van der Waals surface area contributed by atoms with Gasteiger partial charge in [0, 0.05) is 20.6 Å². The molecule has 0 fully saturated rings. The Hall–Kier alpha value is -2.41. The Kier molecular flexibility index (Phi) is 3.99. The molecule has 0 saturated carbocycles. The van der Waals surface area contributed by atoms with E-state index < -0.39 is 11.2 Å². The summed E-state index contributed by atoms with van der Waals surface area (Å²) < 4.78 is 7.45. The molecule has 0 radical (unpaired) electrons. The number of aryl methyl sites for hydroxylation is 1. The van der Waals surface area contributed by atoms with Crippen molar-refractivity contribution in [1.82, 2.24) is 19.7 Å². The molecule has 0 bridgehead atoms. The number of rotatable bonds is 4. The molecule has 7 heteroatoms. The predicted octanol–water partition coefficient (Wildman–Crippen LogP) is -0.00930. The largest absolute Gasteiger partial charge is 0.434 e. The molecule has 0 aliphatic heterocycles. The van der Waals surface area contributed by atoms with Gasteiger partial charge in [-0.15, -0.1) is 5.10 Å². The molecule has 2 aromatic rings. The molecule has 106 valence electrons. The highest BCUT2D eigenvalue weighted by atomic mass is 16.5. The Labute approximate surface area is 115 Å². The summed E-state index contributed by atoms with van der Waals surface area (Å²) in [7, 11) is 4.71. The summed E-state index contributed by atoms with van der Waals surface area (Å²) in [4.78, 5) is 23.4. The molecule has 2 rings (SSSR count). The van der Waals surface area contributed by atoms with Crippen LogP contribution in [-0.2, 0) is 20.6 Å². The van der Waals surface area contributed by atoms with Crippen molar-refractivity contribution in [3.63, 3.8) is 0 Å². The molecular weight excluding hydrogens is 260 g/mol. The van der Waals surface area contributed by atoms with E-state index in [-0.39, 0.29) is 5.88 Å². The second kappa shape index (κ2) is 5.70. The number of nitrogens with zero attached hydrogens (tertiary/aromatic N) is 3. The lowest BCUT2D eigenvalue weighted by atomic mass is 10.2. The van der Waals surface area contributed by atoms with Crippen LogP contribution in [0.1, 0.15) is 5.56 Å². The van der Waals surface area contributed by atoms with Gasteiger partial charge in [0.2, 0.25) is 0 Å². The molecule has 0 spiro atoms. The van der Waals surface area contributed by atoms with Crippen molar-refractivity contribution < 1.29 is 4.74 Å². The van der Waals surface area contributed by atoms with Gasteiger partial charge < -0.3 is 10.1 Å². The van der Waals surface area contributed by atoms with Crippen LogP contribution in [0.3, 0.4) is 0 Å². The van der Waals surface area contributed by atoms with Crippen LogP contribution in [0.15, 0.2) is 33.9 Å². The minimum atomic E-state index is -0.563. The first-order valence-electron chi connectivity index (χ1n) is 6.08. The minimum absolute atomic E-state index is 0.129. The Morgan fingerprint density at radius 1 is 1.20 bits per heavy atom. The molecule has 20 heavy (non-hydrogen) atoms. The third kappa shape index (κ3) is 2.77. The lowest BCUT2D eigenvalue weighted by Crippen LogP contribution is -2.38. The van der Waals surface area contributed by atoms with Crippen LogP contribution in [0.5, 0.6) is 11.6 Å². The monoisotopic (exact) mass is 276 g/mol. The fraction of sp³-hybridized carbons (Fsp3) is 0.308. The molecule has 0 atom stereocenters. The van der Waals surface area contributed by atoms with Gasteiger partial charge in [0.25, 0.3) is 0 Å². The molecule has 0 amide bonds. The molecule has 1 heterocycles. The summed E-state index contributed by atoms with van der Waals surface area (Å²) >= 11 is 0. The van der Waals surface area contributed by atoms with E-state index in [1.807, 2.05) is 19.2 Å². The Morgan fingerprint density at radius 3 is 2.45 bits per heavy atom. The maximum atomic E-state index is 11.9. The topological polar surface area (TPSA) is 78.2 Å². The molecular formula is C13H16N4O3. The number of ether oxygens (including phenoxy) is 1. The molecule has 1 aromatic carbocycles. The zero-order valence-corrected chi connectivity index (χ0v) is 11.6. The van der Waals surface area contributed by atoms with Crippen molar-refractivity contribution in [2.45, 2.75) is 6.54 Å². The van der Waals surface area contributed by atoms with Gasteiger partial charge in [0.1, 0.15) is 5.75 Å². The zero-order chi connectivity index (χ0) is 14.7. The molecule has 0 unspecified atom stereocenters.